The van der Waals surface area contributed by atoms with Gasteiger partial charge in [-0.05, 0) is 17.2 Å². The largest absolute Gasteiger partial charge is 0.496 e. The first-order valence-corrected chi connectivity index (χ1v) is 4.33. The van der Waals surface area contributed by atoms with E-state index in [1.165, 1.54) is 11.1 Å². The van der Waals surface area contributed by atoms with Gasteiger partial charge in [-0.2, -0.15) is 0 Å². The second-order valence-electron chi connectivity index (χ2n) is 2.31. The summed E-state index contributed by atoms with van der Waals surface area (Å²) in [5.41, 5.74) is 2.54. The van der Waals surface area contributed by atoms with Crippen LogP contribution in [0.3, 0.4) is 0 Å². The van der Waals surface area contributed by atoms with Gasteiger partial charge in [-0.3, -0.25) is 0 Å². The minimum absolute atomic E-state index is 0.715. The Morgan fingerprint density at radius 2 is 1.92 bits per heavy atom. The summed E-state index contributed by atoms with van der Waals surface area (Å²) >= 11 is 0. The van der Waals surface area contributed by atoms with Crippen LogP contribution in [0.4, 0.5) is 0 Å². The van der Waals surface area contributed by atoms with Crippen LogP contribution in [-0.4, -0.2) is 0 Å². The van der Waals surface area contributed by atoms with Gasteiger partial charge in [0.25, 0.3) is 0 Å². The normalized spacial score (nSPS) is 12.2. The summed E-state index contributed by atoms with van der Waals surface area (Å²) in [6.45, 7) is 4.71. The van der Waals surface area contributed by atoms with Gasteiger partial charge in [-0.15, -0.1) is 0 Å². The molecule has 12 heavy (non-hydrogen) atoms. The summed E-state index contributed by atoms with van der Waals surface area (Å²) < 4.78 is 5.12. The maximum Gasteiger partial charge on any atom is 0.113 e. The third-order valence-electron chi connectivity index (χ3n) is 1.64. The van der Waals surface area contributed by atoms with E-state index in [4.69, 9.17) is 4.74 Å². The molecule has 1 aliphatic rings. The molecule has 1 aromatic rings. The van der Waals surface area contributed by atoms with Crippen molar-refractivity contribution in [2.75, 3.05) is 0 Å². The van der Waals surface area contributed by atoms with E-state index in [0.29, 0.717) is 6.61 Å². The highest BCUT2D eigenvalue weighted by atomic mass is 16.5. The number of rotatable bonds is 0. The Morgan fingerprint density at radius 3 is 2.67 bits per heavy atom. The molecule has 0 saturated carbocycles. The van der Waals surface area contributed by atoms with Gasteiger partial charge in [0.05, 0.1) is 6.26 Å². The summed E-state index contributed by atoms with van der Waals surface area (Å²) in [6, 6.07) is 8.24. The van der Waals surface area contributed by atoms with Crippen LogP contribution >= 0.6 is 0 Å². The lowest BCUT2D eigenvalue weighted by Crippen LogP contribution is -1.94. The number of fused-ring (bicyclic) bond motifs is 1. The van der Waals surface area contributed by atoms with Crippen molar-refractivity contribution in [1.82, 2.24) is 0 Å². The van der Waals surface area contributed by atoms with E-state index in [9.17, 15) is 0 Å². The minimum atomic E-state index is 0.715. The molecule has 0 saturated heterocycles. The molecule has 1 heterocycles. The second kappa shape index (κ2) is 4.60. The lowest BCUT2D eigenvalue weighted by Gasteiger charge is -2.09. The van der Waals surface area contributed by atoms with Crippen molar-refractivity contribution in [2.24, 2.45) is 0 Å². The zero-order chi connectivity index (χ0) is 8.81. The van der Waals surface area contributed by atoms with Crippen LogP contribution in [-0.2, 0) is 11.3 Å². The van der Waals surface area contributed by atoms with Gasteiger partial charge in [-0.1, -0.05) is 38.1 Å². The van der Waals surface area contributed by atoms with Crippen LogP contribution < -0.4 is 0 Å². The summed E-state index contributed by atoms with van der Waals surface area (Å²) in [7, 11) is 0. The molecule has 1 nitrogen and oxygen atoms in total. The van der Waals surface area contributed by atoms with Crippen molar-refractivity contribution < 1.29 is 4.74 Å². The van der Waals surface area contributed by atoms with E-state index >= 15 is 0 Å². The van der Waals surface area contributed by atoms with Crippen molar-refractivity contribution in [3.8, 4) is 0 Å². The Balaban J connectivity index is 0.000000336. The fourth-order valence-electron chi connectivity index (χ4n) is 1.09. The quantitative estimate of drug-likeness (QED) is 0.569. The van der Waals surface area contributed by atoms with Crippen LogP contribution in [0.5, 0.6) is 0 Å². The number of benzene rings is 1. The van der Waals surface area contributed by atoms with E-state index in [1.807, 2.05) is 32.1 Å². The molecule has 0 atom stereocenters. The van der Waals surface area contributed by atoms with Crippen molar-refractivity contribution in [1.29, 1.82) is 0 Å². The SMILES string of the molecule is C1=Cc2ccccc2CO1.CC. The standard InChI is InChI=1S/C9H8O.C2H6/c1-2-4-9-7-10-6-5-8(9)3-1;1-2/h1-6H,7H2;1-2H3. The van der Waals surface area contributed by atoms with E-state index in [2.05, 4.69) is 12.1 Å². The smallest absolute Gasteiger partial charge is 0.113 e. The summed E-state index contributed by atoms with van der Waals surface area (Å²) in [5.74, 6) is 0. The first kappa shape index (κ1) is 8.85. The summed E-state index contributed by atoms with van der Waals surface area (Å²) in [6.07, 6.45) is 3.72. The maximum absolute atomic E-state index is 5.12. The van der Waals surface area contributed by atoms with E-state index in [0.717, 1.165) is 0 Å². The molecule has 0 amide bonds. The van der Waals surface area contributed by atoms with Crippen LogP contribution in [0.1, 0.15) is 25.0 Å². The molecule has 0 spiro atoms. The van der Waals surface area contributed by atoms with Crippen molar-refractivity contribution in [2.45, 2.75) is 20.5 Å². The molecule has 1 heteroatoms. The van der Waals surface area contributed by atoms with Gasteiger partial charge < -0.3 is 4.74 Å². The molecule has 1 aliphatic heterocycles. The Hall–Kier alpha value is -1.24. The molecular formula is C11H14O. The van der Waals surface area contributed by atoms with E-state index in [-0.39, 0.29) is 0 Å². The Bertz CT molecular complexity index is 263. The molecular weight excluding hydrogens is 148 g/mol. The van der Waals surface area contributed by atoms with Gasteiger partial charge >= 0.3 is 0 Å². The average molecular weight is 162 g/mol. The van der Waals surface area contributed by atoms with Crippen LogP contribution in [0, 0.1) is 0 Å². The maximum atomic E-state index is 5.12. The molecule has 0 aliphatic carbocycles. The Kier molecular flexibility index (Phi) is 3.39. The third-order valence-corrected chi connectivity index (χ3v) is 1.64. The van der Waals surface area contributed by atoms with Crippen molar-refractivity contribution in [3.05, 3.63) is 41.7 Å². The third kappa shape index (κ3) is 1.88. The highest BCUT2D eigenvalue weighted by Gasteiger charge is 2.00. The predicted octanol–water partition coefficient (Wildman–Crippen LogP) is 3.21. The van der Waals surface area contributed by atoms with E-state index < -0.39 is 0 Å². The molecule has 0 bridgehead atoms. The number of hydrogen-bond acceptors (Lipinski definition) is 1. The molecule has 1 aromatic carbocycles. The molecule has 2 rings (SSSR count). The van der Waals surface area contributed by atoms with Gasteiger partial charge in [0.1, 0.15) is 6.61 Å². The average Bonchev–Trinajstić information content (AvgIpc) is 2.21. The highest BCUT2D eigenvalue weighted by Crippen LogP contribution is 2.15. The Morgan fingerprint density at radius 1 is 1.17 bits per heavy atom. The zero-order valence-electron chi connectivity index (χ0n) is 7.58. The molecule has 0 fully saturated rings. The van der Waals surface area contributed by atoms with Gasteiger partial charge in [-0.25, -0.2) is 0 Å². The summed E-state index contributed by atoms with van der Waals surface area (Å²) in [5, 5.41) is 0. The predicted molar refractivity (Wildman–Crippen MR) is 51.6 cm³/mol. The number of ether oxygens (including phenoxy) is 1. The molecule has 0 unspecified atom stereocenters. The second-order valence-corrected chi connectivity index (χ2v) is 2.31. The zero-order valence-corrected chi connectivity index (χ0v) is 7.58. The first-order chi connectivity index (χ1) is 5.97. The fourth-order valence-corrected chi connectivity index (χ4v) is 1.09. The summed E-state index contributed by atoms with van der Waals surface area (Å²) in [4.78, 5) is 0. The molecule has 0 aromatic heterocycles. The van der Waals surface area contributed by atoms with Gasteiger partial charge in [0, 0.05) is 0 Å². The van der Waals surface area contributed by atoms with Gasteiger partial charge in [0.2, 0.25) is 0 Å². The number of hydrogen-bond donors (Lipinski definition) is 0. The lowest BCUT2D eigenvalue weighted by molar-refractivity contribution is 0.234. The highest BCUT2D eigenvalue weighted by molar-refractivity contribution is 5.53. The van der Waals surface area contributed by atoms with Crippen LogP contribution in [0.2, 0.25) is 0 Å². The minimum Gasteiger partial charge on any atom is -0.496 e. The molecule has 0 radical (unpaired) electrons. The topological polar surface area (TPSA) is 9.23 Å². The first-order valence-electron chi connectivity index (χ1n) is 4.33. The van der Waals surface area contributed by atoms with Crippen molar-refractivity contribution in [3.63, 3.8) is 0 Å². The van der Waals surface area contributed by atoms with E-state index in [1.54, 1.807) is 6.26 Å². The lowest BCUT2D eigenvalue weighted by atomic mass is 10.1. The molecule has 0 N–H and O–H groups in total. The van der Waals surface area contributed by atoms with Crippen LogP contribution in [0.25, 0.3) is 6.08 Å². The van der Waals surface area contributed by atoms with Gasteiger partial charge in [0.15, 0.2) is 0 Å². The van der Waals surface area contributed by atoms with Crippen LogP contribution in [0.15, 0.2) is 30.5 Å². The van der Waals surface area contributed by atoms with Crippen molar-refractivity contribution >= 4 is 6.08 Å². The Labute approximate surface area is 73.7 Å². The molecule has 64 valence electrons. The fraction of sp³-hybridized carbons (Fsp3) is 0.273. The monoisotopic (exact) mass is 162 g/mol.